The maximum atomic E-state index is 4.52. The quantitative estimate of drug-likeness (QED) is 0.719. The van der Waals surface area contributed by atoms with Gasteiger partial charge in [0.2, 0.25) is 0 Å². The molecule has 0 saturated heterocycles. The first-order valence-electron chi connectivity index (χ1n) is 4.98. The predicted molar refractivity (Wildman–Crippen MR) is 59.5 cm³/mol. The minimum absolute atomic E-state index is 0.935. The predicted octanol–water partition coefficient (Wildman–Crippen LogP) is 2.33. The van der Waals surface area contributed by atoms with Gasteiger partial charge >= 0.3 is 0 Å². The lowest BCUT2D eigenvalue weighted by Gasteiger charge is -2.03. The van der Waals surface area contributed by atoms with Crippen molar-refractivity contribution in [1.82, 2.24) is 9.78 Å². The molecule has 0 radical (unpaired) electrons. The van der Waals surface area contributed by atoms with Crippen LogP contribution in [0, 0.1) is 0 Å². The van der Waals surface area contributed by atoms with Crippen LogP contribution in [0.5, 0.6) is 0 Å². The van der Waals surface area contributed by atoms with Crippen molar-refractivity contribution in [2.75, 3.05) is 5.75 Å². The summed E-state index contributed by atoms with van der Waals surface area (Å²) in [5.74, 6) is 0.935. The summed E-state index contributed by atoms with van der Waals surface area (Å²) in [6, 6.07) is 2.21. The molecule has 0 saturated carbocycles. The van der Waals surface area contributed by atoms with Crippen LogP contribution in [0.3, 0.4) is 0 Å². The van der Waals surface area contributed by atoms with Crippen molar-refractivity contribution in [3.63, 3.8) is 0 Å². The summed E-state index contributed by atoms with van der Waals surface area (Å²) in [5, 5.41) is 4.52. The summed E-state index contributed by atoms with van der Waals surface area (Å²) in [5.41, 5.74) is 2.55. The van der Waals surface area contributed by atoms with Crippen molar-refractivity contribution < 1.29 is 0 Å². The highest BCUT2D eigenvalue weighted by molar-refractivity contribution is 7.80. The van der Waals surface area contributed by atoms with Crippen LogP contribution in [0.25, 0.3) is 0 Å². The average Bonchev–Trinajstić information content (AvgIpc) is 2.57. The second-order valence-corrected chi connectivity index (χ2v) is 3.58. The normalized spacial score (nSPS) is 10.7. The fourth-order valence-electron chi connectivity index (χ4n) is 1.39. The summed E-state index contributed by atoms with van der Waals surface area (Å²) in [4.78, 5) is 0. The largest absolute Gasteiger partial charge is 0.269 e. The van der Waals surface area contributed by atoms with Crippen LogP contribution in [0.15, 0.2) is 6.07 Å². The molecule has 0 bridgehead atoms. The summed E-state index contributed by atoms with van der Waals surface area (Å²) in [6.07, 6.45) is 3.20. The number of thiol groups is 1. The lowest BCUT2D eigenvalue weighted by molar-refractivity contribution is 0.574. The first kappa shape index (κ1) is 10.6. The van der Waals surface area contributed by atoms with E-state index < -0.39 is 0 Å². The zero-order valence-electron chi connectivity index (χ0n) is 8.45. The van der Waals surface area contributed by atoms with E-state index in [2.05, 4.69) is 42.3 Å². The molecule has 1 heterocycles. The molecule has 0 aliphatic carbocycles. The van der Waals surface area contributed by atoms with Crippen LogP contribution in [-0.2, 0) is 19.4 Å². The highest BCUT2D eigenvalue weighted by atomic mass is 32.1. The van der Waals surface area contributed by atoms with Crippen molar-refractivity contribution in [2.45, 2.75) is 39.7 Å². The number of rotatable bonds is 5. The van der Waals surface area contributed by atoms with Crippen molar-refractivity contribution in [2.24, 2.45) is 0 Å². The standard InChI is InChI=1S/C10H18N2S/c1-3-9-8-10(4-2)12(11-9)6-5-7-13/h8,13H,3-7H2,1-2H3. The number of aryl methyl sites for hydroxylation is 3. The van der Waals surface area contributed by atoms with E-state index in [9.17, 15) is 0 Å². The topological polar surface area (TPSA) is 17.8 Å². The van der Waals surface area contributed by atoms with Gasteiger partial charge in [0.15, 0.2) is 0 Å². The van der Waals surface area contributed by atoms with E-state index >= 15 is 0 Å². The third kappa shape index (κ3) is 2.76. The molecule has 0 aliphatic heterocycles. The Labute approximate surface area is 85.7 Å². The maximum absolute atomic E-state index is 4.52. The first-order valence-corrected chi connectivity index (χ1v) is 5.61. The molecule has 2 nitrogen and oxygen atoms in total. The van der Waals surface area contributed by atoms with E-state index in [1.165, 1.54) is 11.4 Å². The molecular weight excluding hydrogens is 180 g/mol. The summed E-state index contributed by atoms with van der Waals surface area (Å²) in [7, 11) is 0. The van der Waals surface area contributed by atoms with Crippen molar-refractivity contribution in [3.8, 4) is 0 Å². The highest BCUT2D eigenvalue weighted by Gasteiger charge is 2.03. The van der Waals surface area contributed by atoms with Gasteiger partial charge in [-0.05, 0) is 31.1 Å². The van der Waals surface area contributed by atoms with Gasteiger partial charge in [0.1, 0.15) is 0 Å². The van der Waals surface area contributed by atoms with Gasteiger partial charge in [-0.25, -0.2) is 0 Å². The van der Waals surface area contributed by atoms with E-state index in [0.717, 1.165) is 31.6 Å². The molecule has 74 valence electrons. The average molecular weight is 198 g/mol. The van der Waals surface area contributed by atoms with Crippen LogP contribution in [0.4, 0.5) is 0 Å². The number of hydrogen-bond acceptors (Lipinski definition) is 2. The van der Waals surface area contributed by atoms with Crippen molar-refractivity contribution in [1.29, 1.82) is 0 Å². The molecule has 0 amide bonds. The Bertz CT molecular complexity index is 255. The van der Waals surface area contributed by atoms with Gasteiger partial charge in [-0.15, -0.1) is 0 Å². The molecule has 0 aromatic carbocycles. The van der Waals surface area contributed by atoms with Crippen LogP contribution in [0.2, 0.25) is 0 Å². The van der Waals surface area contributed by atoms with Crippen LogP contribution >= 0.6 is 12.6 Å². The molecule has 0 atom stereocenters. The van der Waals surface area contributed by atoms with Crippen LogP contribution in [0.1, 0.15) is 31.7 Å². The molecule has 1 rings (SSSR count). The summed E-state index contributed by atoms with van der Waals surface area (Å²) in [6.45, 7) is 5.32. The van der Waals surface area contributed by atoms with E-state index in [-0.39, 0.29) is 0 Å². The number of aromatic nitrogens is 2. The minimum Gasteiger partial charge on any atom is -0.269 e. The lowest BCUT2D eigenvalue weighted by atomic mass is 10.2. The van der Waals surface area contributed by atoms with Gasteiger partial charge in [-0.1, -0.05) is 13.8 Å². The molecule has 1 aromatic heterocycles. The lowest BCUT2D eigenvalue weighted by Crippen LogP contribution is -2.05. The van der Waals surface area contributed by atoms with Crippen LogP contribution < -0.4 is 0 Å². The van der Waals surface area contributed by atoms with Gasteiger partial charge in [0, 0.05) is 12.2 Å². The molecule has 0 aliphatic rings. The Morgan fingerprint density at radius 1 is 1.38 bits per heavy atom. The molecule has 0 spiro atoms. The van der Waals surface area contributed by atoms with Crippen LogP contribution in [-0.4, -0.2) is 15.5 Å². The van der Waals surface area contributed by atoms with E-state index in [1.54, 1.807) is 0 Å². The number of nitrogens with zero attached hydrogens (tertiary/aromatic N) is 2. The van der Waals surface area contributed by atoms with E-state index in [1.807, 2.05) is 0 Å². The molecule has 1 aromatic rings. The Morgan fingerprint density at radius 2 is 2.15 bits per heavy atom. The zero-order valence-corrected chi connectivity index (χ0v) is 9.35. The second-order valence-electron chi connectivity index (χ2n) is 3.13. The molecule has 0 N–H and O–H groups in total. The summed E-state index contributed by atoms with van der Waals surface area (Å²) >= 11 is 4.20. The third-order valence-electron chi connectivity index (χ3n) is 2.17. The smallest absolute Gasteiger partial charge is 0.0624 e. The first-order chi connectivity index (χ1) is 6.31. The second kappa shape index (κ2) is 5.32. The summed E-state index contributed by atoms with van der Waals surface area (Å²) < 4.78 is 2.12. The Balaban J connectivity index is 2.71. The molecule has 13 heavy (non-hydrogen) atoms. The third-order valence-corrected chi connectivity index (χ3v) is 2.48. The molecule has 3 heteroatoms. The Kier molecular flexibility index (Phi) is 4.36. The van der Waals surface area contributed by atoms with Gasteiger partial charge < -0.3 is 0 Å². The van der Waals surface area contributed by atoms with Crippen molar-refractivity contribution in [3.05, 3.63) is 17.5 Å². The molecular formula is C10H18N2S. The molecule has 0 fully saturated rings. The fourth-order valence-corrected chi connectivity index (χ4v) is 1.53. The fraction of sp³-hybridized carbons (Fsp3) is 0.700. The Hall–Kier alpha value is -0.440. The van der Waals surface area contributed by atoms with Gasteiger partial charge in [0.25, 0.3) is 0 Å². The number of hydrogen-bond donors (Lipinski definition) is 1. The van der Waals surface area contributed by atoms with E-state index in [0.29, 0.717) is 0 Å². The SMILES string of the molecule is CCc1cc(CC)n(CCCS)n1. The Morgan fingerprint density at radius 3 is 2.69 bits per heavy atom. The van der Waals surface area contributed by atoms with Crippen molar-refractivity contribution >= 4 is 12.6 Å². The minimum atomic E-state index is 0.935. The monoisotopic (exact) mass is 198 g/mol. The van der Waals surface area contributed by atoms with Gasteiger partial charge in [-0.3, -0.25) is 4.68 Å². The van der Waals surface area contributed by atoms with E-state index in [4.69, 9.17) is 0 Å². The zero-order chi connectivity index (χ0) is 9.68. The van der Waals surface area contributed by atoms with Gasteiger partial charge in [0.05, 0.1) is 5.69 Å². The maximum Gasteiger partial charge on any atom is 0.0624 e. The highest BCUT2D eigenvalue weighted by Crippen LogP contribution is 2.07. The van der Waals surface area contributed by atoms with Gasteiger partial charge in [-0.2, -0.15) is 17.7 Å². The molecule has 0 unspecified atom stereocenters.